The Morgan fingerprint density at radius 3 is 2.51 bits per heavy atom. The fourth-order valence-corrected chi connectivity index (χ4v) is 5.57. The van der Waals surface area contributed by atoms with Gasteiger partial charge < -0.3 is 14.2 Å². The normalized spacial score (nSPS) is 17.3. The molecule has 1 aromatic heterocycles. The summed E-state index contributed by atoms with van der Waals surface area (Å²) in [4.78, 5) is 54.2. The number of aromatic nitrogens is 1. The maximum absolute atomic E-state index is 13.1. The molecule has 11 heteroatoms. The Morgan fingerprint density at radius 1 is 1.05 bits per heavy atom. The van der Waals surface area contributed by atoms with E-state index in [0.717, 1.165) is 32.0 Å². The van der Waals surface area contributed by atoms with Crippen LogP contribution in [0.15, 0.2) is 58.0 Å². The summed E-state index contributed by atoms with van der Waals surface area (Å²) in [6.45, 7) is 1.93. The molecule has 3 aromatic rings. The predicted octanol–water partition coefficient (Wildman–Crippen LogP) is 4.84. The van der Waals surface area contributed by atoms with Crippen LogP contribution in [0.4, 0.5) is 4.79 Å². The minimum absolute atomic E-state index is 0.0179. The number of rotatable bonds is 6. The number of benzene rings is 2. The van der Waals surface area contributed by atoms with E-state index in [9.17, 15) is 19.2 Å². The van der Waals surface area contributed by atoms with Crippen LogP contribution in [0.2, 0.25) is 5.02 Å². The molecule has 37 heavy (non-hydrogen) atoms. The third kappa shape index (κ3) is 5.52. The third-order valence-electron chi connectivity index (χ3n) is 6.17. The van der Waals surface area contributed by atoms with Gasteiger partial charge in [0.05, 0.1) is 24.7 Å². The fourth-order valence-electron chi connectivity index (χ4n) is 4.25. The summed E-state index contributed by atoms with van der Waals surface area (Å²) in [5.41, 5.74) is 1.89. The van der Waals surface area contributed by atoms with Crippen LogP contribution in [0.5, 0.6) is 0 Å². The lowest BCUT2D eigenvalue weighted by molar-refractivity contribution is -0.135. The van der Waals surface area contributed by atoms with Crippen molar-refractivity contribution in [2.75, 3.05) is 32.8 Å². The highest BCUT2D eigenvalue weighted by Crippen LogP contribution is 2.35. The number of thioether (sulfide) groups is 1. The SMILES string of the molecule is O=C(CN1C(=O)S/C(=C\c2cn(CC(=O)N3CCOCC3)c3ccc(Br)cc23)C1=O)c1ccc(Cl)cc1. The summed E-state index contributed by atoms with van der Waals surface area (Å²) in [6.07, 6.45) is 3.45. The summed E-state index contributed by atoms with van der Waals surface area (Å²) in [7, 11) is 0. The highest BCUT2D eigenvalue weighted by molar-refractivity contribution is 9.10. The number of morpholine rings is 1. The number of carbonyl (C=O) groups excluding carboxylic acids is 4. The van der Waals surface area contributed by atoms with E-state index in [-0.39, 0.29) is 29.7 Å². The van der Waals surface area contributed by atoms with Gasteiger partial charge in [0.15, 0.2) is 5.78 Å². The zero-order valence-corrected chi connectivity index (χ0v) is 22.6. The van der Waals surface area contributed by atoms with E-state index >= 15 is 0 Å². The monoisotopic (exact) mass is 601 g/mol. The number of amides is 3. The number of carbonyl (C=O) groups is 4. The van der Waals surface area contributed by atoms with Gasteiger partial charge in [-0.05, 0) is 60.3 Å². The summed E-state index contributed by atoms with van der Waals surface area (Å²) in [5.74, 6) is -0.907. The first-order chi connectivity index (χ1) is 17.8. The summed E-state index contributed by atoms with van der Waals surface area (Å²) >= 11 is 10.2. The van der Waals surface area contributed by atoms with Gasteiger partial charge in [0.25, 0.3) is 11.1 Å². The minimum atomic E-state index is -0.530. The van der Waals surface area contributed by atoms with Crippen LogP contribution in [-0.4, -0.2) is 70.1 Å². The van der Waals surface area contributed by atoms with E-state index in [2.05, 4.69) is 15.9 Å². The number of hydrogen-bond donors (Lipinski definition) is 0. The Labute approximate surface area is 230 Å². The summed E-state index contributed by atoms with van der Waals surface area (Å²) in [5, 5.41) is 0.808. The van der Waals surface area contributed by atoms with E-state index in [1.807, 2.05) is 29.0 Å². The van der Waals surface area contributed by atoms with Crippen molar-refractivity contribution < 1.29 is 23.9 Å². The van der Waals surface area contributed by atoms with Crippen LogP contribution in [-0.2, 0) is 20.9 Å². The van der Waals surface area contributed by atoms with Crippen LogP contribution < -0.4 is 0 Å². The molecule has 3 amide bonds. The maximum atomic E-state index is 13.1. The van der Waals surface area contributed by atoms with Crippen LogP contribution >= 0.6 is 39.3 Å². The van der Waals surface area contributed by atoms with Gasteiger partial charge in [-0.2, -0.15) is 0 Å². The van der Waals surface area contributed by atoms with E-state index < -0.39 is 11.1 Å². The Morgan fingerprint density at radius 2 is 1.78 bits per heavy atom. The van der Waals surface area contributed by atoms with Gasteiger partial charge in [-0.25, -0.2) is 0 Å². The molecule has 190 valence electrons. The van der Waals surface area contributed by atoms with E-state index in [4.69, 9.17) is 16.3 Å². The zero-order valence-electron chi connectivity index (χ0n) is 19.5. The standard InChI is InChI=1S/C26H21BrClN3O5S/c27-18-3-6-21-20(12-18)17(13-30(21)15-24(33)29-7-9-36-10-8-29)11-23-25(34)31(26(35)37-23)14-22(32)16-1-4-19(28)5-2-16/h1-6,11-13H,7-10,14-15H2/b23-11-. The second-order valence-corrected chi connectivity index (χ2v) is 10.9. The van der Waals surface area contributed by atoms with E-state index in [1.165, 1.54) is 0 Å². The van der Waals surface area contributed by atoms with Gasteiger partial charge in [-0.1, -0.05) is 27.5 Å². The predicted molar refractivity (Wildman–Crippen MR) is 145 cm³/mol. The number of ketones is 1. The number of nitrogens with zero attached hydrogens (tertiary/aromatic N) is 3. The lowest BCUT2D eigenvalue weighted by Gasteiger charge is -2.27. The molecule has 0 atom stereocenters. The molecule has 0 bridgehead atoms. The van der Waals surface area contributed by atoms with Gasteiger partial charge >= 0.3 is 0 Å². The van der Waals surface area contributed by atoms with E-state index in [0.29, 0.717) is 42.5 Å². The molecule has 0 saturated carbocycles. The van der Waals surface area contributed by atoms with E-state index in [1.54, 1.807) is 35.2 Å². The lowest BCUT2D eigenvalue weighted by atomic mass is 10.1. The van der Waals surface area contributed by atoms with Gasteiger partial charge in [0, 0.05) is 50.8 Å². The van der Waals surface area contributed by atoms with Gasteiger partial charge in [-0.15, -0.1) is 0 Å². The Kier molecular flexibility index (Phi) is 7.52. The highest BCUT2D eigenvalue weighted by atomic mass is 79.9. The second-order valence-electron chi connectivity index (χ2n) is 8.56. The van der Waals surface area contributed by atoms with Crippen LogP contribution in [0.3, 0.4) is 0 Å². The van der Waals surface area contributed by atoms with Crippen LogP contribution in [0.25, 0.3) is 17.0 Å². The van der Waals surface area contributed by atoms with Crippen LogP contribution in [0.1, 0.15) is 15.9 Å². The highest BCUT2D eigenvalue weighted by Gasteiger charge is 2.36. The molecule has 2 saturated heterocycles. The number of hydrogen-bond acceptors (Lipinski definition) is 6. The van der Waals surface area contributed by atoms with Crippen molar-refractivity contribution in [3.8, 4) is 0 Å². The number of ether oxygens (including phenoxy) is 1. The molecule has 2 aromatic carbocycles. The van der Waals surface area contributed by atoms with Gasteiger partial charge in [0.2, 0.25) is 5.91 Å². The fraction of sp³-hybridized carbons (Fsp3) is 0.231. The lowest BCUT2D eigenvalue weighted by Crippen LogP contribution is -2.42. The zero-order chi connectivity index (χ0) is 26.1. The number of halogens is 2. The minimum Gasteiger partial charge on any atom is -0.378 e. The second kappa shape index (κ2) is 10.8. The molecule has 0 N–H and O–H groups in total. The average molecular weight is 603 g/mol. The molecule has 3 heterocycles. The van der Waals surface area contributed by atoms with Crippen molar-refractivity contribution in [2.24, 2.45) is 0 Å². The smallest absolute Gasteiger partial charge is 0.293 e. The molecular weight excluding hydrogens is 582 g/mol. The largest absolute Gasteiger partial charge is 0.378 e. The van der Waals surface area contributed by atoms with Crippen molar-refractivity contribution in [2.45, 2.75) is 6.54 Å². The first kappa shape index (κ1) is 25.7. The third-order valence-corrected chi connectivity index (χ3v) is 7.82. The van der Waals surface area contributed by atoms with Crippen molar-refractivity contribution in [1.29, 1.82) is 0 Å². The molecule has 2 aliphatic heterocycles. The topological polar surface area (TPSA) is 88.9 Å². The Bertz CT molecular complexity index is 1450. The number of Topliss-reactive ketones (excluding diaryl/α,β-unsaturated/α-hetero) is 1. The maximum Gasteiger partial charge on any atom is 0.293 e. The van der Waals surface area contributed by atoms with Gasteiger partial charge in [-0.3, -0.25) is 24.1 Å². The molecule has 5 rings (SSSR count). The van der Waals surface area contributed by atoms with Crippen molar-refractivity contribution in [1.82, 2.24) is 14.4 Å². The Hall–Kier alpha value is -2.92. The molecule has 2 fully saturated rings. The molecule has 0 spiro atoms. The first-order valence-corrected chi connectivity index (χ1v) is 13.5. The molecule has 8 nitrogen and oxygen atoms in total. The van der Waals surface area contributed by atoms with Crippen molar-refractivity contribution in [3.05, 3.63) is 74.2 Å². The quantitative estimate of drug-likeness (QED) is 0.297. The van der Waals surface area contributed by atoms with Crippen LogP contribution in [0, 0.1) is 0 Å². The number of fused-ring (bicyclic) bond motifs is 1. The number of imide groups is 1. The first-order valence-electron chi connectivity index (χ1n) is 11.5. The molecule has 2 aliphatic rings. The molecule has 0 unspecified atom stereocenters. The average Bonchev–Trinajstić information content (AvgIpc) is 3.35. The summed E-state index contributed by atoms with van der Waals surface area (Å²) < 4.78 is 8.03. The molecule has 0 radical (unpaired) electrons. The molecular formula is C26H21BrClN3O5S. The van der Waals surface area contributed by atoms with Crippen molar-refractivity contribution >= 4 is 79.1 Å². The van der Waals surface area contributed by atoms with Crippen molar-refractivity contribution in [3.63, 3.8) is 0 Å². The van der Waals surface area contributed by atoms with Gasteiger partial charge in [0.1, 0.15) is 6.54 Å². The Balaban J connectivity index is 1.40. The summed E-state index contributed by atoms with van der Waals surface area (Å²) in [6, 6.07) is 12.0. The molecule has 0 aliphatic carbocycles.